The molecule has 1 fully saturated rings. The SMILES string of the molecule is Nc1ccccc1C(=O)NCCN1CCSCC1. The minimum absolute atomic E-state index is 0.0838. The summed E-state index contributed by atoms with van der Waals surface area (Å²) in [5.41, 5.74) is 6.86. The highest BCUT2D eigenvalue weighted by molar-refractivity contribution is 7.99. The summed E-state index contributed by atoms with van der Waals surface area (Å²) in [4.78, 5) is 14.3. The van der Waals surface area contributed by atoms with Gasteiger partial charge < -0.3 is 11.1 Å². The van der Waals surface area contributed by atoms with E-state index in [0.717, 1.165) is 19.6 Å². The number of amides is 1. The second-order valence-electron chi connectivity index (χ2n) is 4.30. The van der Waals surface area contributed by atoms with Crippen LogP contribution in [-0.2, 0) is 0 Å². The molecular weight excluding hydrogens is 246 g/mol. The maximum absolute atomic E-state index is 11.9. The van der Waals surface area contributed by atoms with E-state index in [4.69, 9.17) is 5.73 Å². The molecule has 0 unspecified atom stereocenters. The molecule has 0 bridgehead atoms. The summed E-state index contributed by atoms with van der Waals surface area (Å²) in [5.74, 6) is 2.30. The molecule has 18 heavy (non-hydrogen) atoms. The van der Waals surface area contributed by atoms with Gasteiger partial charge in [0.25, 0.3) is 5.91 Å². The molecule has 0 atom stereocenters. The van der Waals surface area contributed by atoms with Crippen LogP contribution in [0.3, 0.4) is 0 Å². The van der Waals surface area contributed by atoms with Gasteiger partial charge in [-0.15, -0.1) is 0 Å². The Hall–Kier alpha value is -1.20. The fourth-order valence-electron chi connectivity index (χ4n) is 1.95. The summed E-state index contributed by atoms with van der Waals surface area (Å²) >= 11 is 1.99. The number of benzene rings is 1. The Balaban J connectivity index is 1.76. The second kappa shape index (κ2) is 6.66. The maximum Gasteiger partial charge on any atom is 0.253 e. The summed E-state index contributed by atoms with van der Waals surface area (Å²) in [6.07, 6.45) is 0. The molecule has 1 aliphatic rings. The van der Waals surface area contributed by atoms with Gasteiger partial charge in [-0.2, -0.15) is 11.8 Å². The summed E-state index contributed by atoms with van der Waals surface area (Å²) in [5, 5.41) is 2.92. The van der Waals surface area contributed by atoms with E-state index in [1.807, 2.05) is 23.9 Å². The lowest BCUT2D eigenvalue weighted by Gasteiger charge is -2.26. The zero-order chi connectivity index (χ0) is 12.8. The van der Waals surface area contributed by atoms with Crippen LogP contribution in [-0.4, -0.2) is 48.5 Å². The molecule has 4 nitrogen and oxygen atoms in total. The van der Waals surface area contributed by atoms with Gasteiger partial charge in [0.2, 0.25) is 0 Å². The van der Waals surface area contributed by atoms with Crippen molar-refractivity contribution in [2.75, 3.05) is 43.4 Å². The molecular formula is C13H19N3OS. The fraction of sp³-hybridized carbons (Fsp3) is 0.462. The number of hydrogen-bond donors (Lipinski definition) is 2. The van der Waals surface area contributed by atoms with E-state index in [-0.39, 0.29) is 5.91 Å². The Morgan fingerprint density at radius 2 is 2.06 bits per heavy atom. The summed E-state index contributed by atoms with van der Waals surface area (Å²) in [6.45, 7) is 3.83. The highest BCUT2D eigenvalue weighted by atomic mass is 32.2. The highest BCUT2D eigenvalue weighted by Gasteiger charge is 2.11. The Kier molecular flexibility index (Phi) is 4.90. The van der Waals surface area contributed by atoms with Crippen molar-refractivity contribution in [3.63, 3.8) is 0 Å². The van der Waals surface area contributed by atoms with Crippen molar-refractivity contribution in [1.82, 2.24) is 10.2 Å². The fourth-order valence-corrected chi connectivity index (χ4v) is 2.93. The number of nitrogens with one attached hydrogen (secondary N) is 1. The second-order valence-corrected chi connectivity index (χ2v) is 5.52. The molecule has 2 rings (SSSR count). The topological polar surface area (TPSA) is 58.4 Å². The Morgan fingerprint density at radius 1 is 1.33 bits per heavy atom. The van der Waals surface area contributed by atoms with Crippen molar-refractivity contribution in [2.45, 2.75) is 0 Å². The van der Waals surface area contributed by atoms with Crippen LogP contribution >= 0.6 is 11.8 Å². The Bertz CT molecular complexity index is 405. The average molecular weight is 265 g/mol. The number of hydrogen-bond acceptors (Lipinski definition) is 4. The van der Waals surface area contributed by atoms with Crippen LogP contribution in [0, 0.1) is 0 Å². The molecule has 1 aromatic rings. The third-order valence-corrected chi connectivity index (χ3v) is 3.97. The van der Waals surface area contributed by atoms with Gasteiger partial charge in [-0.3, -0.25) is 9.69 Å². The van der Waals surface area contributed by atoms with E-state index in [0.29, 0.717) is 17.8 Å². The van der Waals surface area contributed by atoms with E-state index < -0.39 is 0 Å². The zero-order valence-electron chi connectivity index (χ0n) is 10.4. The van der Waals surface area contributed by atoms with E-state index in [9.17, 15) is 4.79 Å². The largest absolute Gasteiger partial charge is 0.398 e. The van der Waals surface area contributed by atoms with Crippen LogP contribution in [0.1, 0.15) is 10.4 Å². The molecule has 1 aromatic carbocycles. The molecule has 0 saturated carbocycles. The number of thioether (sulfide) groups is 1. The van der Waals surface area contributed by atoms with Crippen LogP contribution in [0.2, 0.25) is 0 Å². The Labute approximate surface area is 112 Å². The smallest absolute Gasteiger partial charge is 0.253 e. The van der Waals surface area contributed by atoms with Crippen molar-refractivity contribution in [3.05, 3.63) is 29.8 Å². The van der Waals surface area contributed by atoms with E-state index in [1.54, 1.807) is 12.1 Å². The van der Waals surface area contributed by atoms with E-state index >= 15 is 0 Å². The van der Waals surface area contributed by atoms with Crippen LogP contribution < -0.4 is 11.1 Å². The van der Waals surface area contributed by atoms with Crippen molar-refractivity contribution in [1.29, 1.82) is 0 Å². The minimum atomic E-state index is -0.0838. The van der Waals surface area contributed by atoms with Gasteiger partial charge in [0.05, 0.1) is 5.56 Å². The van der Waals surface area contributed by atoms with Gasteiger partial charge in [0, 0.05) is 43.4 Å². The standard InChI is InChI=1S/C13H19N3OS/c14-12-4-2-1-3-11(12)13(17)15-5-6-16-7-9-18-10-8-16/h1-4H,5-10,14H2,(H,15,17). The number of nitrogens with two attached hydrogens (primary N) is 1. The lowest BCUT2D eigenvalue weighted by Crippen LogP contribution is -2.39. The number of nitrogen functional groups attached to an aromatic ring is 1. The van der Waals surface area contributed by atoms with Gasteiger partial charge >= 0.3 is 0 Å². The van der Waals surface area contributed by atoms with E-state index in [2.05, 4.69) is 10.2 Å². The first-order chi connectivity index (χ1) is 8.77. The lowest BCUT2D eigenvalue weighted by atomic mass is 10.1. The Morgan fingerprint density at radius 3 is 2.78 bits per heavy atom. The number of anilines is 1. The number of carbonyl (C=O) groups excluding carboxylic acids is 1. The van der Waals surface area contributed by atoms with Crippen LogP contribution in [0.4, 0.5) is 5.69 Å². The molecule has 0 radical (unpaired) electrons. The quantitative estimate of drug-likeness (QED) is 0.799. The molecule has 98 valence electrons. The van der Waals surface area contributed by atoms with Gasteiger partial charge in [0.1, 0.15) is 0 Å². The normalized spacial score (nSPS) is 16.4. The molecule has 1 heterocycles. The predicted molar refractivity (Wildman–Crippen MR) is 77.0 cm³/mol. The van der Waals surface area contributed by atoms with Crippen molar-refractivity contribution < 1.29 is 4.79 Å². The van der Waals surface area contributed by atoms with Gasteiger partial charge in [-0.25, -0.2) is 0 Å². The number of para-hydroxylation sites is 1. The average Bonchev–Trinajstić information content (AvgIpc) is 2.40. The van der Waals surface area contributed by atoms with Crippen molar-refractivity contribution in [2.24, 2.45) is 0 Å². The summed E-state index contributed by atoms with van der Waals surface area (Å²) < 4.78 is 0. The van der Waals surface area contributed by atoms with Gasteiger partial charge in [-0.05, 0) is 12.1 Å². The first-order valence-corrected chi connectivity index (χ1v) is 7.35. The van der Waals surface area contributed by atoms with Gasteiger partial charge in [0.15, 0.2) is 0 Å². The van der Waals surface area contributed by atoms with Crippen molar-refractivity contribution in [3.8, 4) is 0 Å². The van der Waals surface area contributed by atoms with Crippen LogP contribution in [0.25, 0.3) is 0 Å². The summed E-state index contributed by atoms with van der Waals surface area (Å²) in [7, 11) is 0. The molecule has 0 spiro atoms. The lowest BCUT2D eigenvalue weighted by molar-refractivity contribution is 0.0950. The minimum Gasteiger partial charge on any atom is -0.398 e. The van der Waals surface area contributed by atoms with Crippen LogP contribution in [0.15, 0.2) is 24.3 Å². The monoisotopic (exact) mass is 265 g/mol. The third-order valence-electron chi connectivity index (χ3n) is 3.02. The number of carbonyl (C=O) groups is 1. The van der Waals surface area contributed by atoms with Crippen molar-refractivity contribution >= 4 is 23.4 Å². The van der Waals surface area contributed by atoms with Crippen LogP contribution in [0.5, 0.6) is 0 Å². The molecule has 0 aliphatic carbocycles. The first-order valence-electron chi connectivity index (χ1n) is 6.20. The molecule has 1 aliphatic heterocycles. The number of rotatable bonds is 4. The van der Waals surface area contributed by atoms with E-state index in [1.165, 1.54) is 11.5 Å². The summed E-state index contributed by atoms with van der Waals surface area (Å²) in [6, 6.07) is 7.16. The molecule has 0 aromatic heterocycles. The predicted octanol–water partition coefficient (Wildman–Crippen LogP) is 1.05. The molecule has 1 saturated heterocycles. The van der Waals surface area contributed by atoms with Gasteiger partial charge in [-0.1, -0.05) is 12.1 Å². The maximum atomic E-state index is 11.9. The molecule has 3 N–H and O–H groups in total. The molecule has 1 amide bonds. The third kappa shape index (κ3) is 3.65. The first kappa shape index (κ1) is 13.2. The molecule has 5 heteroatoms. The highest BCUT2D eigenvalue weighted by Crippen LogP contribution is 2.10. The number of nitrogens with zero attached hydrogens (tertiary/aromatic N) is 1. The zero-order valence-corrected chi connectivity index (χ0v) is 11.2.